The Hall–Kier alpha value is -2.05. The zero-order valence-electron chi connectivity index (χ0n) is 12.4. The fraction of sp³-hybridized carbons (Fsp3) is 0.125. The summed E-state index contributed by atoms with van der Waals surface area (Å²) in [6.07, 6.45) is 1.44. The smallest absolute Gasteiger partial charge is 0.272 e. The molecule has 2 N–H and O–H groups in total. The van der Waals surface area contributed by atoms with Crippen molar-refractivity contribution < 1.29 is 14.6 Å². The van der Waals surface area contributed by atoms with E-state index in [1.54, 1.807) is 30.3 Å². The normalized spacial score (nSPS) is 10.8. The van der Waals surface area contributed by atoms with Crippen LogP contribution in [-0.2, 0) is 0 Å². The van der Waals surface area contributed by atoms with E-state index in [1.165, 1.54) is 13.3 Å². The lowest BCUT2D eigenvalue weighted by Gasteiger charge is -2.06. The molecule has 0 saturated heterocycles. The lowest BCUT2D eigenvalue weighted by Crippen LogP contribution is -2.18. The Kier molecular flexibility index (Phi) is 5.63. The van der Waals surface area contributed by atoms with Crippen LogP contribution >= 0.6 is 27.5 Å². The van der Waals surface area contributed by atoms with Gasteiger partial charge in [-0.3, -0.25) is 4.79 Å². The predicted octanol–water partition coefficient (Wildman–Crippen LogP) is 3.89. The molecule has 2 rings (SSSR count). The zero-order chi connectivity index (χ0) is 17.0. The third-order valence-electron chi connectivity index (χ3n) is 3.02. The number of rotatable bonds is 4. The predicted molar refractivity (Wildman–Crippen MR) is 93.6 cm³/mol. The first-order chi connectivity index (χ1) is 10.9. The Bertz CT molecular complexity index is 778. The van der Waals surface area contributed by atoms with Gasteiger partial charge in [-0.05, 0) is 58.2 Å². The van der Waals surface area contributed by atoms with Crippen LogP contribution in [0.3, 0.4) is 0 Å². The highest BCUT2D eigenvalue weighted by Gasteiger charge is 2.10. The average molecular weight is 398 g/mol. The summed E-state index contributed by atoms with van der Waals surface area (Å²) in [4.78, 5) is 12.0. The molecular formula is C16H14BrClN2O3. The second kappa shape index (κ2) is 7.48. The molecule has 2 aromatic rings. The van der Waals surface area contributed by atoms with Crippen molar-refractivity contribution >= 4 is 39.7 Å². The highest BCUT2D eigenvalue weighted by molar-refractivity contribution is 9.10. The standard InChI is InChI=1S/C16H14BrClN2O3/c1-9-3-4-11(13(18)5-9)16(22)20-19-8-10-6-12(17)15(21)14(7-10)23-2/h3-8,21H,1-2H3,(H,20,22)/b19-8+. The summed E-state index contributed by atoms with van der Waals surface area (Å²) in [5, 5.41) is 14.0. The Balaban J connectivity index is 2.12. The van der Waals surface area contributed by atoms with E-state index in [1.807, 2.05) is 6.92 Å². The van der Waals surface area contributed by atoms with E-state index in [2.05, 4.69) is 26.5 Å². The largest absolute Gasteiger partial charge is 0.503 e. The molecule has 0 radical (unpaired) electrons. The van der Waals surface area contributed by atoms with Crippen LogP contribution < -0.4 is 10.2 Å². The van der Waals surface area contributed by atoms with E-state index < -0.39 is 5.91 Å². The Labute approximate surface area is 147 Å². The Morgan fingerprint density at radius 3 is 2.78 bits per heavy atom. The number of halogens is 2. The highest BCUT2D eigenvalue weighted by atomic mass is 79.9. The summed E-state index contributed by atoms with van der Waals surface area (Å²) < 4.78 is 5.51. The van der Waals surface area contributed by atoms with E-state index in [9.17, 15) is 9.90 Å². The number of nitrogens with one attached hydrogen (secondary N) is 1. The first kappa shape index (κ1) is 17.3. The lowest BCUT2D eigenvalue weighted by molar-refractivity contribution is 0.0955. The van der Waals surface area contributed by atoms with Gasteiger partial charge in [0.25, 0.3) is 5.91 Å². The number of hydrogen-bond acceptors (Lipinski definition) is 4. The number of benzene rings is 2. The van der Waals surface area contributed by atoms with Gasteiger partial charge in [0.15, 0.2) is 11.5 Å². The minimum atomic E-state index is -0.406. The molecule has 120 valence electrons. The number of phenols is 1. The van der Waals surface area contributed by atoms with Gasteiger partial charge < -0.3 is 9.84 Å². The van der Waals surface area contributed by atoms with Crippen molar-refractivity contribution in [2.75, 3.05) is 7.11 Å². The van der Waals surface area contributed by atoms with Crippen LogP contribution in [0.5, 0.6) is 11.5 Å². The van der Waals surface area contributed by atoms with Crippen LogP contribution in [0.15, 0.2) is 39.9 Å². The number of ether oxygens (including phenoxy) is 1. The minimum absolute atomic E-state index is 0.000114. The summed E-state index contributed by atoms with van der Waals surface area (Å²) in [5.74, 6) is -0.107. The molecular weight excluding hydrogens is 384 g/mol. The summed E-state index contributed by atoms with van der Waals surface area (Å²) in [6, 6.07) is 8.39. The number of aryl methyl sites for hydroxylation is 1. The molecule has 0 atom stereocenters. The quantitative estimate of drug-likeness (QED) is 0.607. The molecule has 5 nitrogen and oxygen atoms in total. The molecule has 0 saturated carbocycles. The van der Waals surface area contributed by atoms with Gasteiger partial charge in [-0.25, -0.2) is 5.43 Å². The molecule has 0 fully saturated rings. The van der Waals surface area contributed by atoms with Crippen LogP contribution in [0.1, 0.15) is 21.5 Å². The zero-order valence-corrected chi connectivity index (χ0v) is 14.8. The molecule has 0 aliphatic heterocycles. The van der Waals surface area contributed by atoms with Crippen LogP contribution in [0.25, 0.3) is 0 Å². The van der Waals surface area contributed by atoms with Gasteiger partial charge in [0.1, 0.15) is 0 Å². The molecule has 0 bridgehead atoms. The maximum absolute atomic E-state index is 12.0. The fourth-order valence-electron chi connectivity index (χ4n) is 1.85. The molecule has 0 heterocycles. The van der Waals surface area contributed by atoms with E-state index >= 15 is 0 Å². The fourth-order valence-corrected chi connectivity index (χ4v) is 2.63. The second-order valence-electron chi connectivity index (χ2n) is 4.74. The summed E-state index contributed by atoms with van der Waals surface area (Å²) >= 11 is 9.25. The van der Waals surface area contributed by atoms with Gasteiger partial charge in [0, 0.05) is 0 Å². The van der Waals surface area contributed by atoms with Gasteiger partial charge in [0.2, 0.25) is 0 Å². The Morgan fingerprint density at radius 1 is 1.39 bits per heavy atom. The molecule has 23 heavy (non-hydrogen) atoms. The summed E-state index contributed by atoms with van der Waals surface area (Å²) in [6.45, 7) is 1.89. The van der Waals surface area contributed by atoms with Gasteiger partial charge in [-0.15, -0.1) is 0 Å². The highest BCUT2D eigenvalue weighted by Crippen LogP contribution is 2.34. The number of aromatic hydroxyl groups is 1. The maximum Gasteiger partial charge on any atom is 0.272 e. The number of methoxy groups -OCH3 is 1. The molecule has 7 heteroatoms. The Morgan fingerprint density at radius 2 is 2.13 bits per heavy atom. The van der Waals surface area contributed by atoms with Crippen molar-refractivity contribution in [2.24, 2.45) is 5.10 Å². The van der Waals surface area contributed by atoms with Crippen LogP contribution in [0.2, 0.25) is 5.02 Å². The molecule has 1 amide bonds. The third-order valence-corrected chi connectivity index (χ3v) is 3.94. The number of carbonyl (C=O) groups is 1. The number of hydrazone groups is 1. The van der Waals surface area contributed by atoms with Crippen LogP contribution in [-0.4, -0.2) is 24.3 Å². The first-order valence-electron chi connectivity index (χ1n) is 6.58. The van der Waals surface area contributed by atoms with Crippen molar-refractivity contribution in [3.63, 3.8) is 0 Å². The average Bonchev–Trinajstić information content (AvgIpc) is 2.50. The van der Waals surface area contributed by atoms with Gasteiger partial charge in [-0.1, -0.05) is 17.7 Å². The number of hydrogen-bond donors (Lipinski definition) is 2. The molecule has 2 aromatic carbocycles. The van der Waals surface area contributed by atoms with Crippen molar-refractivity contribution in [3.05, 3.63) is 56.5 Å². The molecule has 0 aliphatic rings. The van der Waals surface area contributed by atoms with Gasteiger partial charge >= 0.3 is 0 Å². The molecule has 0 aromatic heterocycles. The third kappa shape index (κ3) is 4.24. The molecule has 0 spiro atoms. The van der Waals surface area contributed by atoms with E-state index in [-0.39, 0.29) is 5.75 Å². The van der Waals surface area contributed by atoms with Crippen molar-refractivity contribution in [1.82, 2.24) is 5.43 Å². The van der Waals surface area contributed by atoms with Crippen LogP contribution in [0.4, 0.5) is 0 Å². The second-order valence-corrected chi connectivity index (χ2v) is 6.00. The number of carbonyl (C=O) groups excluding carboxylic acids is 1. The lowest BCUT2D eigenvalue weighted by atomic mass is 10.1. The van der Waals surface area contributed by atoms with Crippen molar-refractivity contribution in [3.8, 4) is 11.5 Å². The van der Waals surface area contributed by atoms with Crippen LogP contribution in [0, 0.1) is 6.92 Å². The van der Waals surface area contributed by atoms with Crippen molar-refractivity contribution in [1.29, 1.82) is 0 Å². The van der Waals surface area contributed by atoms with Gasteiger partial charge in [-0.2, -0.15) is 5.10 Å². The summed E-state index contributed by atoms with van der Waals surface area (Å²) in [7, 11) is 1.45. The maximum atomic E-state index is 12.0. The number of phenolic OH excluding ortho intramolecular Hbond substituents is 1. The number of amides is 1. The monoisotopic (exact) mass is 396 g/mol. The SMILES string of the molecule is COc1cc(/C=N/NC(=O)c2ccc(C)cc2Cl)cc(Br)c1O. The topological polar surface area (TPSA) is 70.9 Å². The van der Waals surface area contributed by atoms with Crippen molar-refractivity contribution in [2.45, 2.75) is 6.92 Å². The minimum Gasteiger partial charge on any atom is -0.503 e. The number of nitrogens with zero attached hydrogens (tertiary/aromatic N) is 1. The van der Waals surface area contributed by atoms with E-state index in [4.69, 9.17) is 16.3 Å². The molecule has 0 unspecified atom stereocenters. The molecule has 0 aliphatic carbocycles. The summed E-state index contributed by atoms with van der Waals surface area (Å²) in [5.41, 5.74) is 4.36. The van der Waals surface area contributed by atoms with Gasteiger partial charge in [0.05, 0.1) is 28.4 Å². The van der Waals surface area contributed by atoms with E-state index in [0.717, 1.165) is 5.56 Å². The van der Waals surface area contributed by atoms with E-state index in [0.29, 0.717) is 26.4 Å². The first-order valence-corrected chi connectivity index (χ1v) is 7.75.